The predicted molar refractivity (Wildman–Crippen MR) is 223 cm³/mol. The van der Waals surface area contributed by atoms with Crippen molar-refractivity contribution in [2.75, 3.05) is 26.4 Å². The average Bonchev–Trinajstić information content (AvgIpc) is 3.95. The van der Waals surface area contributed by atoms with Gasteiger partial charge in [0.25, 0.3) is 0 Å². The molecule has 1 aromatic carbocycles. The third-order valence-corrected chi connectivity index (χ3v) is 11.1. The topological polar surface area (TPSA) is 142 Å². The van der Waals surface area contributed by atoms with E-state index >= 15 is 0 Å². The zero-order valence-corrected chi connectivity index (χ0v) is 34.7. The summed E-state index contributed by atoms with van der Waals surface area (Å²) in [6, 6.07) is 19.3. The molecule has 0 amide bonds. The molecular formula is C47H42F6N6O6. The van der Waals surface area contributed by atoms with Crippen LogP contribution in [0.25, 0.3) is 11.3 Å². The van der Waals surface area contributed by atoms with Gasteiger partial charge in [-0.05, 0) is 78.8 Å². The van der Waals surface area contributed by atoms with Gasteiger partial charge in [-0.3, -0.25) is 9.59 Å². The van der Waals surface area contributed by atoms with Crippen molar-refractivity contribution in [1.29, 1.82) is 0 Å². The van der Waals surface area contributed by atoms with Crippen molar-refractivity contribution in [3.63, 3.8) is 0 Å². The lowest BCUT2D eigenvalue weighted by molar-refractivity contribution is -0.142. The van der Waals surface area contributed by atoms with Gasteiger partial charge in [0, 0.05) is 75.9 Å². The van der Waals surface area contributed by atoms with Crippen molar-refractivity contribution in [2.45, 2.75) is 69.3 Å². The molecule has 2 aliphatic heterocycles. The summed E-state index contributed by atoms with van der Waals surface area (Å²) in [5, 5.41) is 10.3. The third-order valence-electron chi connectivity index (χ3n) is 11.1. The van der Waals surface area contributed by atoms with Crippen LogP contribution in [-0.4, -0.2) is 71.8 Å². The molecule has 9 rings (SSSR count). The van der Waals surface area contributed by atoms with Crippen LogP contribution in [0.3, 0.4) is 0 Å². The summed E-state index contributed by atoms with van der Waals surface area (Å²) in [4.78, 5) is 41.6. The van der Waals surface area contributed by atoms with Crippen molar-refractivity contribution in [3.8, 4) is 11.5 Å². The Labute approximate surface area is 367 Å². The van der Waals surface area contributed by atoms with E-state index in [0.717, 1.165) is 60.8 Å². The summed E-state index contributed by atoms with van der Waals surface area (Å²) in [6.45, 7) is 2.99. The second-order valence-electron chi connectivity index (χ2n) is 15.8. The quantitative estimate of drug-likeness (QED) is 0.0986. The van der Waals surface area contributed by atoms with Crippen LogP contribution in [0.4, 0.5) is 26.3 Å². The second-order valence-corrected chi connectivity index (χ2v) is 15.8. The monoisotopic (exact) mass is 900 g/mol. The molecule has 2 fully saturated rings. The van der Waals surface area contributed by atoms with Crippen LogP contribution in [0.5, 0.6) is 11.5 Å². The lowest BCUT2D eigenvalue weighted by Crippen LogP contribution is -2.14. The first kappa shape index (κ1) is 44.9. The van der Waals surface area contributed by atoms with Crippen LogP contribution in [0.1, 0.15) is 98.0 Å². The molecule has 12 nitrogen and oxygen atoms in total. The highest BCUT2D eigenvalue weighted by molar-refractivity contribution is 5.96. The number of benzene rings is 1. The van der Waals surface area contributed by atoms with E-state index in [9.17, 15) is 41.0 Å². The van der Waals surface area contributed by atoms with E-state index in [4.69, 9.17) is 19.2 Å². The van der Waals surface area contributed by atoms with E-state index in [1.54, 1.807) is 22.9 Å². The molecular weight excluding hydrogens is 859 g/mol. The Morgan fingerprint density at radius 3 is 1.58 bits per heavy atom. The molecule has 2 aliphatic rings. The molecule has 7 aromatic rings. The van der Waals surface area contributed by atoms with Crippen LogP contribution in [0.2, 0.25) is 0 Å². The number of Topliss-reactive ketones (excluding diaryl/α,β-unsaturated/α-hetero) is 2. The molecule has 6 aromatic heterocycles. The minimum absolute atomic E-state index is 0.0920. The lowest BCUT2D eigenvalue weighted by atomic mass is 9.97. The number of alkyl halides is 6. The van der Waals surface area contributed by atoms with E-state index in [2.05, 4.69) is 15.0 Å². The number of imidazole rings is 2. The van der Waals surface area contributed by atoms with Gasteiger partial charge in [-0.25, -0.2) is 19.9 Å². The average molecular weight is 901 g/mol. The Balaban J connectivity index is 0.000000181. The maximum atomic E-state index is 13.1. The Bertz CT molecular complexity index is 2800. The Kier molecular flexibility index (Phi) is 13.3. The van der Waals surface area contributed by atoms with Gasteiger partial charge in [0.15, 0.2) is 34.4 Å². The number of fused-ring (bicyclic) bond motifs is 2. The highest BCUT2D eigenvalue weighted by Gasteiger charge is 2.34. The zero-order chi connectivity index (χ0) is 45.7. The van der Waals surface area contributed by atoms with Crippen LogP contribution < -0.4 is 4.74 Å². The number of ether oxygens (including phenoxy) is 3. The Hall–Kier alpha value is -6.66. The molecule has 0 radical (unpaired) electrons. The normalized spacial score (nSPS) is 15.2. The first-order chi connectivity index (χ1) is 31.2. The van der Waals surface area contributed by atoms with Gasteiger partial charge >= 0.3 is 12.4 Å². The molecule has 0 unspecified atom stereocenters. The smallest absolute Gasteiger partial charge is 0.433 e. The van der Waals surface area contributed by atoms with Gasteiger partial charge in [-0.15, -0.1) is 0 Å². The molecule has 18 heteroatoms. The minimum Gasteiger partial charge on any atom is -0.504 e. The molecule has 0 bridgehead atoms. The van der Waals surface area contributed by atoms with Crippen LogP contribution in [0, 0.1) is 0 Å². The fourth-order valence-electron chi connectivity index (χ4n) is 7.76. The number of halogens is 6. The van der Waals surface area contributed by atoms with Crippen molar-refractivity contribution in [3.05, 3.63) is 155 Å². The van der Waals surface area contributed by atoms with E-state index in [1.807, 2.05) is 47.1 Å². The molecule has 65 heavy (non-hydrogen) atoms. The highest BCUT2D eigenvalue weighted by Crippen LogP contribution is 2.33. The fourth-order valence-corrected chi connectivity index (χ4v) is 7.76. The summed E-state index contributed by atoms with van der Waals surface area (Å²) in [5.74, 6) is -0.175. The Morgan fingerprint density at radius 1 is 0.600 bits per heavy atom. The number of ketones is 2. The van der Waals surface area contributed by atoms with E-state index in [-0.39, 0.29) is 41.8 Å². The van der Waals surface area contributed by atoms with E-state index in [0.29, 0.717) is 61.2 Å². The first-order valence-electron chi connectivity index (χ1n) is 20.9. The van der Waals surface area contributed by atoms with Gasteiger partial charge in [0.1, 0.15) is 29.4 Å². The number of aromatic hydroxyl groups is 1. The minimum atomic E-state index is -4.62. The van der Waals surface area contributed by atoms with Crippen molar-refractivity contribution in [2.24, 2.45) is 0 Å². The molecule has 0 aliphatic carbocycles. The maximum Gasteiger partial charge on any atom is 0.433 e. The molecule has 8 heterocycles. The SMILES string of the molecule is O=C(Cc1cc(O)c2nc(C3CCOCC3)cn2c1)c1cccc(C(F)(F)F)n1.O=C(Cc1cc(OCc2ccccc2)c2nc(C3CCOCC3)cn2c1)c1cccc(C(F)(F)F)n1. The molecule has 0 spiro atoms. The van der Waals surface area contributed by atoms with Crippen LogP contribution in [0.15, 0.2) is 104 Å². The second kappa shape index (κ2) is 19.2. The maximum absolute atomic E-state index is 13.1. The lowest BCUT2D eigenvalue weighted by Gasteiger charge is -2.19. The van der Waals surface area contributed by atoms with Gasteiger partial charge in [-0.2, -0.15) is 26.3 Å². The van der Waals surface area contributed by atoms with Crippen molar-refractivity contribution < 1.29 is 55.2 Å². The zero-order valence-electron chi connectivity index (χ0n) is 34.7. The summed E-state index contributed by atoms with van der Waals surface area (Å²) >= 11 is 0. The first-order valence-corrected chi connectivity index (χ1v) is 20.9. The third kappa shape index (κ3) is 11.0. The summed E-state index contributed by atoms with van der Waals surface area (Å²) in [6.07, 6.45) is 1.03. The van der Waals surface area contributed by atoms with Crippen molar-refractivity contribution in [1.82, 2.24) is 28.7 Å². The Morgan fingerprint density at radius 2 is 1.08 bits per heavy atom. The number of rotatable bonds is 11. The van der Waals surface area contributed by atoms with Crippen LogP contribution in [-0.2, 0) is 41.3 Å². The fraction of sp³-hybridized carbons (Fsp3) is 0.319. The summed E-state index contributed by atoms with van der Waals surface area (Å²) in [7, 11) is 0. The van der Waals surface area contributed by atoms with Gasteiger partial charge in [0.2, 0.25) is 0 Å². The van der Waals surface area contributed by atoms with Crippen molar-refractivity contribution >= 4 is 22.9 Å². The van der Waals surface area contributed by atoms with Gasteiger partial charge < -0.3 is 28.1 Å². The summed E-state index contributed by atoms with van der Waals surface area (Å²) < 4.78 is 98.0. The molecule has 0 saturated carbocycles. The van der Waals surface area contributed by atoms with E-state index < -0.39 is 35.3 Å². The highest BCUT2D eigenvalue weighted by atomic mass is 19.4. The predicted octanol–water partition coefficient (Wildman–Crippen LogP) is 9.42. The largest absolute Gasteiger partial charge is 0.504 e. The number of nitrogens with zero attached hydrogens (tertiary/aromatic N) is 6. The number of hydrogen-bond donors (Lipinski definition) is 1. The molecule has 2 saturated heterocycles. The number of carbonyl (C=O) groups is 2. The van der Waals surface area contributed by atoms with Gasteiger partial charge in [-0.1, -0.05) is 42.5 Å². The number of carbonyl (C=O) groups excluding carboxylic acids is 2. The number of pyridine rings is 4. The summed E-state index contributed by atoms with van der Waals surface area (Å²) in [5.41, 5.74) is 2.07. The number of hydrogen-bond acceptors (Lipinski definition) is 10. The molecule has 338 valence electrons. The van der Waals surface area contributed by atoms with Gasteiger partial charge in [0.05, 0.1) is 11.4 Å². The molecule has 0 atom stereocenters. The number of aromatic nitrogens is 6. The molecule has 1 N–H and O–H groups in total. The van der Waals surface area contributed by atoms with Crippen LogP contribution >= 0.6 is 0 Å². The van der Waals surface area contributed by atoms with E-state index in [1.165, 1.54) is 24.3 Å². The standard InChI is InChI=1S/C27H24F3N3O3.C20H18F3N3O3/c28-27(29,30)25-8-4-7-21(31-25)23(34)13-19-14-24(36-17-18-5-2-1-3-6-18)26-32-22(16-33(26)15-19)20-9-11-35-12-10-20;21-20(22,23)18-3-1-2-14(24-18)16(27)8-12-9-17(28)19-25-15(11-26(19)10-12)13-4-6-29-7-5-13/h1-8,14-16,20H,9-13,17H2;1-3,9-11,13,28H,4-8H2.